The second kappa shape index (κ2) is 10.1. The topological polar surface area (TPSA) is 40.5 Å². The van der Waals surface area contributed by atoms with E-state index in [9.17, 15) is 14.3 Å². The molecule has 3 rings (SSSR count). The Labute approximate surface area is 171 Å². The number of carbonyl (C=O) groups is 1. The van der Waals surface area contributed by atoms with E-state index in [0.717, 1.165) is 48.2 Å². The molecule has 28 heavy (non-hydrogen) atoms. The first-order valence-corrected chi connectivity index (χ1v) is 11.3. The van der Waals surface area contributed by atoms with Crippen LogP contribution in [0.1, 0.15) is 44.6 Å². The van der Waals surface area contributed by atoms with Gasteiger partial charge >= 0.3 is 5.97 Å². The Kier molecular flexibility index (Phi) is 7.60. The molecule has 1 N–H and O–H groups in total. The number of carboxylic acid groups (broad SMARTS) is 1. The van der Waals surface area contributed by atoms with Gasteiger partial charge in [0.25, 0.3) is 0 Å². The van der Waals surface area contributed by atoms with E-state index in [1.54, 1.807) is 17.8 Å². The lowest BCUT2D eigenvalue weighted by atomic mass is 9.82. The Morgan fingerprint density at radius 3 is 2.79 bits per heavy atom. The molecule has 0 bridgehead atoms. The van der Waals surface area contributed by atoms with E-state index < -0.39 is 5.97 Å². The van der Waals surface area contributed by atoms with Gasteiger partial charge in [0.05, 0.1) is 10.6 Å². The van der Waals surface area contributed by atoms with Crippen LogP contribution in [-0.4, -0.2) is 34.8 Å². The van der Waals surface area contributed by atoms with E-state index >= 15 is 0 Å². The molecule has 2 atom stereocenters. The first kappa shape index (κ1) is 21.0. The van der Waals surface area contributed by atoms with Crippen molar-refractivity contribution in [2.45, 2.75) is 45.4 Å². The van der Waals surface area contributed by atoms with Crippen molar-refractivity contribution in [2.24, 2.45) is 11.8 Å². The molecule has 1 fully saturated rings. The number of hydrogen-bond donors (Lipinski definition) is 1. The zero-order chi connectivity index (χ0) is 19.9. The second-order valence-corrected chi connectivity index (χ2v) is 9.13. The van der Waals surface area contributed by atoms with Crippen LogP contribution in [0.4, 0.5) is 4.39 Å². The van der Waals surface area contributed by atoms with E-state index in [2.05, 4.69) is 11.8 Å². The van der Waals surface area contributed by atoms with Crippen molar-refractivity contribution in [3.8, 4) is 0 Å². The fourth-order valence-electron chi connectivity index (χ4n) is 4.25. The first-order chi connectivity index (χ1) is 13.5. The molecule has 0 radical (unpaired) electrons. The summed E-state index contributed by atoms with van der Waals surface area (Å²) in [4.78, 5) is 14.0. The second-order valence-electron chi connectivity index (χ2n) is 8.05. The number of aliphatic carboxylic acids is 1. The third kappa shape index (κ3) is 5.87. The van der Waals surface area contributed by atoms with Gasteiger partial charge in [-0.3, -0.25) is 0 Å². The highest BCUT2D eigenvalue weighted by molar-refractivity contribution is 8.03. The number of halogens is 1. The van der Waals surface area contributed by atoms with Crippen molar-refractivity contribution in [3.63, 3.8) is 0 Å². The van der Waals surface area contributed by atoms with Crippen LogP contribution in [0.15, 0.2) is 47.0 Å². The molecule has 0 amide bonds. The summed E-state index contributed by atoms with van der Waals surface area (Å²) in [7, 11) is 0. The predicted octanol–water partition coefficient (Wildman–Crippen LogP) is 5.49. The number of benzene rings is 1. The van der Waals surface area contributed by atoms with Crippen LogP contribution in [0.2, 0.25) is 0 Å². The molecule has 1 heterocycles. The third-order valence-corrected chi connectivity index (χ3v) is 6.89. The molecule has 3 nitrogen and oxygen atoms in total. The van der Waals surface area contributed by atoms with Gasteiger partial charge in [-0.2, -0.15) is 0 Å². The molecule has 0 saturated heterocycles. The molecular weight excluding hydrogens is 373 g/mol. The van der Waals surface area contributed by atoms with Crippen molar-refractivity contribution in [1.82, 2.24) is 4.90 Å². The molecule has 1 aromatic carbocycles. The highest BCUT2D eigenvalue weighted by Gasteiger charge is 2.26. The van der Waals surface area contributed by atoms with Crippen molar-refractivity contribution in [2.75, 3.05) is 18.8 Å². The van der Waals surface area contributed by atoms with Crippen molar-refractivity contribution < 1.29 is 14.3 Å². The number of aryl methyl sites for hydroxylation is 1. The average Bonchev–Trinajstić information content (AvgIpc) is 2.67. The lowest BCUT2D eigenvalue weighted by molar-refractivity contribution is -0.132. The summed E-state index contributed by atoms with van der Waals surface area (Å²) < 4.78 is 13.0. The van der Waals surface area contributed by atoms with Gasteiger partial charge in [0.15, 0.2) is 0 Å². The van der Waals surface area contributed by atoms with Gasteiger partial charge in [-0.25, -0.2) is 9.18 Å². The molecule has 1 aliphatic carbocycles. The quantitative estimate of drug-likeness (QED) is 0.583. The van der Waals surface area contributed by atoms with Gasteiger partial charge < -0.3 is 10.0 Å². The van der Waals surface area contributed by atoms with Gasteiger partial charge in [-0.15, -0.1) is 11.8 Å². The van der Waals surface area contributed by atoms with Crippen LogP contribution in [0.3, 0.4) is 0 Å². The zero-order valence-corrected chi connectivity index (χ0v) is 17.4. The van der Waals surface area contributed by atoms with E-state index in [0.29, 0.717) is 11.5 Å². The van der Waals surface area contributed by atoms with Crippen LogP contribution < -0.4 is 0 Å². The molecular formula is C23H30FNO2S. The fraction of sp³-hybridized carbons (Fsp3) is 0.522. The Hall–Kier alpha value is -1.75. The summed E-state index contributed by atoms with van der Waals surface area (Å²) in [5.41, 5.74) is 1.54. The van der Waals surface area contributed by atoms with Gasteiger partial charge in [0.1, 0.15) is 5.82 Å². The molecule has 2 aliphatic rings. The maximum atomic E-state index is 13.0. The van der Waals surface area contributed by atoms with Crippen LogP contribution in [0.5, 0.6) is 0 Å². The highest BCUT2D eigenvalue weighted by Crippen LogP contribution is 2.34. The summed E-state index contributed by atoms with van der Waals surface area (Å²) in [6.07, 6.45) is 10.6. The monoisotopic (exact) mass is 403 g/mol. The largest absolute Gasteiger partial charge is 0.478 e. The molecule has 0 aromatic heterocycles. The van der Waals surface area contributed by atoms with E-state index in [1.165, 1.54) is 37.8 Å². The summed E-state index contributed by atoms with van der Waals surface area (Å²) in [6, 6.07) is 6.63. The summed E-state index contributed by atoms with van der Waals surface area (Å²) >= 11 is 1.65. The van der Waals surface area contributed by atoms with Crippen LogP contribution >= 0.6 is 11.8 Å². The van der Waals surface area contributed by atoms with Crippen LogP contribution in [0.25, 0.3) is 0 Å². The van der Waals surface area contributed by atoms with Gasteiger partial charge in [0.2, 0.25) is 0 Å². The van der Waals surface area contributed by atoms with Gasteiger partial charge in [-0.1, -0.05) is 38.0 Å². The van der Waals surface area contributed by atoms with Crippen LogP contribution in [0, 0.1) is 17.7 Å². The maximum Gasteiger partial charge on any atom is 0.338 e. The minimum absolute atomic E-state index is 0.212. The summed E-state index contributed by atoms with van der Waals surface area (Å²) in [5, 5.41) is 10.6. The molecule has 1 aliphatic heterocycles. The van der Waals surface area contributed by atoms with Crippen LogP contribution in [-0.2, 0) is 11.2 Å². The Bertz CT molecular complexity index is 729. The maximum absolute atomic E-state index is 13.0. The summed E-state index contributed by atoms with van der Waals surface area (Å²) in [6.45, 7) is 4.07. The molecule has 2 unspecified atom stereocenters. The Morgan fingerprint density at radius 1 is 1.29 bits per heavy atom. The minimum Gasteiger partial charge on any atom is -0.478 e. The lowest BCUT2D eigenvalue weighted by Gasteiger charge is -2.35. The fourth-order valence-corrected chi connectivity index (χ4v) is 5.37. The average molecular weight is 404 g/mol. The van der Waals surface area contributed by atoms with Gasteiger partial charge in [-0.05, 0) is 67.0 Å². The lowest BCUT2D eigenvalue weighted by Crippen LogP contribution is -2.33. The smallest absolute Gasteiger partial charge is 0.338 e. The first-order valence-electron chi connectivity index (χ1n) is 10.3. The van der Waals surface area contributed by atoms with Crippen molar-refractivity contribution in [3.05, 3.63) is 58.4 Å². The standard InChI is InChI=1S/C23H30FNO2S/c1-17-5-2-6-19(15-17)16-25-13-3-8-21(23(26)27)22(25)28-14-4-7-18-9-11-20(24)12-10-18/h3,8-12,17,19H,2,4-7,13-16H2,1H3,(H,26,27). The van der Waals surface area contributed by atoms with Crippen molar-refractivity contribution in [1.29, 1.82) is 0 Å². The molecule has 0 spiro atoms. The normalized spacial score (nSPS) is 22.6. The molecule has 152 valence electrons. The molecule has 1 aromatic rings. The Morgan fingerprint density at radius 2 is 2.07 bits per heavy atom. The zero-order valence-electron chi connectivity index (χ0n) is 16.6. The van der Waals surface area contributed by atoms with Crippen molar-refractivity contribution >= 4 is 17.7 Å². The van der Waals surface area contributed by atoms with Gasteiger partial charge in [0, 0.05) is 13.1 Å². The number of hydrogen-bond acceptors (Lipinski definition) is 3. The number of rotatable bonds is 8. The minimum atomic E-state index is -0.848. The molecule has 1 saturated carbocycles. The SMILES string of the molecule is CC1CCCC(CN2CC=CC(C(=O)O)=C2SCCCc2ccc(F)cc2)C1. The Balaban J connectivity index is 1.60. The molecule has 5 heteroatoms. The van der Waals surface area contributed by atoms with E-state index in [-0.39, 0.29) is 5.82 Å². The number of carboxylic acids is 1. The van der Waals surface area contributed by atoms with E-state index in [4.69, 9.17) is 0 Å². The van der Waals surface area contributed by atoms with E-state index in [1.807, 2.05) is 18.2 Å². The predicted molar refractivity (Wildman–Crippen MR) is 114 cm³/mol. The summed E-state index contributed by atoms with van der Waals surface area (Å²) in [5.74, 6) is 1.22. The highest BCUT2D eigenvalue weighted by atomic mass is 32.2. The number of nitrogens with zero attached hydrogens (tertiary/aromatic N) is 1. The number of thioether (sulfide) groups is 1. The third-order valence-electron chi connectivity index (χ3n) is 5.64.